The smallest absolute Gasteiger partial charge is 0.250 e. The molecule has 4 heteroatoms. The zero-order valence-corrected chi connectivity index (χ0v) is 11.5. The summed E-state index contributed by atoms with van der Waals surface area (Å²) in [5, 5.41) is 3.49. The summed E-state index contributed by atoms with van der Waals surface area (Å²) < 4.78 is 0. The van der Waals surface area contributed by atoms with Crippen LogP contribution in [0.25, 0.3) is 0 Å². The lowest BCUT2D eigenvalue weighted by Gasteiger charge is -2.32. The van der Waals surface area contributed by atoms with Gasteiger partial charge in [-0.15, -0.1) is 0 Å². The number of carbonyl (C=O) groups excluding carboxylic acids is 1. The van der Waals surface area contributed by atoms with E-state index in [1.54, 1.807) is 18.2 Å². The van der Waals surface area contributed by atoms with Crippen molar-refractivity contribution in [1.29, 1.82) is 0 Å². The summed E-state index contributed by atoms with van der Waals surface area (Å²) in [5.41, 5.74) is 13.2. The number of nitrogens with one attached hydrogen (secondary N) is 1. The maximum atomic E-state index is 11.5. The van der Waals surface area contributed by atoms with Gasteiger partial charge in [-0.3, -0.25) is 4.79 Å². The van der Waals surface area contributed by atoms with E-state index >= 15 is 0 Å². The van der Waals surface area contributed by atoms with Crippen LogP contribution in [0.1, 0.15) is 49.4 Å². The number of hydrogen-bond donors (Lipinski definition) is 3. The fraction of sp³-hybridized carbons (Fsp3) is 0.533. The lowest BCUT2D eigenvalue weighted by molar-refractivity contribution is 0.100. The number of anilines is 2. The standard InChI is InChI=1S/C15H23N3O/c1-2-10-5-3-4-6-13(10)18-14-9-11(16)7-8-12(14)15(17)19/h7-10,13,18H,2-6,16H2,1H3,(H2,17,19). The number of nitrogen functional groups attached to an aromatic ring is 1. The molecule has 1 saturated carbocycles. The van der Waals surface area contributed by atoms with Crippen LogP contribution in [-0.2, 0) is 0 Å². The third kappa shape index (κ3) is 3.19. The number of nitrogens with two attached hydrogens (primary N) is 2. The van der Waals surface area contributed by atoms with E-state index in [2.05, 4.69) is 12.2 Å². The molecule has 0 radical (unpaired) electrons. The first kappa shape index (κ1) is 13.7. The van der Waals surface area contributed by atoms with Crippen LogP contribution in [0.4, 0.5) is 11.4 Å². The van der Waals surface area contributed by atoms with E-state index in [9.17, 15) is 4.79 Å². The molecule has 4 nitrogen and oxygen atoms in total. The van der Waals surface area contributed by atoms with Gasteiger partial charge in [-0.2, -0.15) is 0 Å². The summed E-state index contributed by atoms with van der Waals surface area (Å²) in [6.45, 7) is 2.22. The minimum atomic E-state index is -0.411. The molecule has 0 aromatic heterocycles. The lowest BCUT2D eigenvalue weighted by atomic mass is 9.82. The Bertz CT molecular complexity index is 459. The molecule has 5 N–H and O–H groups in total. The highest BCUT2D eigenvalue weighted by Gasteiger charge is 2.24. The van der Waals surface area contributed by atoms with Crippen molar-refractivity contribution in [3.05, 3.63) is 23.8 Å². The molecule has 2 atom stereocenters. The van der Waals surface area contributed by atoms with Gasteiger partial charge < -0.3 is 16.8 Å². The zero-order valence-electron chi connectivity index (χ0n) is 11.5. The Morgan fingerprint density at radius 3 is 2.79 bits per heavy atom. The number of primary amides is 1. The molecule has 2 rings (SSSR count). The molecule has 1 aromatic rings. The number of rotatable bonds is 4. The number of benzene rings is 1. The molecule has 104 valence electrons. The normalized spacial score (nSPS) is 23.0. The molecule has 2 unspecified atom stereocenters. The minimum absolute atomic E-state index is 0.411. The molecule has 0 aliphatic heterocycles. The van der Waals surface area contributed by atoms with Crippen LogP contribution >= 0.6 is 0 Å². The van der Waals surface area contributed by atoms with E-state index in [1.807, 2.05) is 0 Å². The Kier molecular flexibility index (Phi) is 4.30. The van der Waals surface area contributed by atoms with Crippen molar-refractivity contribution in [3.63, 3.8) is 0 Å². The maximum Gasteiger partial charge on any atom is 0.250 e. The molecule has 0 saturated heterocycles. The van der Waals surface area contributed by atoms with Gasteiger partial charge in [-0.1, -0.05) is 26.2 Å². The summed E-state index contributed by atoms with van der Waals surface area (Å²) in [4.78, 5) is 11.5. The minimum Gasteiger partial charge on any atom is -0.399 e. The molecule has 0 heterocycles. The molecule has 1 aliphatic carbocycles. The topological polar surface area (TPSA) is 81.1 Å². The molecule has 1 amide bonds. The largest absolute Gasteiger partial charge is 0.399 e. The summed E-state index contributed by atoms with van der Waals surface area (Å²) in [6, 6.07) is 5.63. The number of hydrogen-bond acceptors (Lipinski definition) is 3. The monoisotopic (exact) mass is 261 g/mol. The van der Waals surface area contributed by atoms with Crippen LogP contribution in [-0.4, -0.2) is 11.9 Å². The lowest BCUT2D eigenvalue weighted by Crippen LogP contribution is -2.32. The SMILES string of the molecule is CCC1CCCCC1Nc1cc(N)ccc1C(N)=O. The highest BCUT2D eigenvalue weighted by atomic mass is 16.1. The third-order valence-corrected chi connectivity index (χ3v) is 4.08. The molecule has 19 heavy (non-hydrogen) atoms. The maximum absolute atomic E-state index is 11.5. The first-order chi connectivity index (χ1) is 9.11. The third-order valence-electron chi connectivity index (χ3n) is 4.08. The highest BCUT2D eigenvalue weighted by Crippen LogP contribution is 2.30. The predicted octanol–water partition coefficient (Wildman–Crippen LogP) is 2.75. The van der Waals surface area contributed by atoms with Crippen LogP contribution in [0.15, 0.2) is 18.2 Å². The van der Waals surface area contributed by atoms with E-state index in [0.717, 1.165) is 18.5 Å². The molecule has 0 spiro atoms. The zero-order chi connectivity index (χ0) is 13.8. The van der Waals surface area contributed by atoms with Crippen LogP contribution in [0.2, 0.25) is 0 Å². The Morgan fingerprint density at radius 1 is 1.37 bits per heavy atom. The summed E-state index contributed by atoms with van der Waals surface area (Å²) in [7, 11) is 0. The van der Waals surface area contributed by atoms with Gasteiger partial charge in [0.1, 0.15) is 0 Å². The van der Waals surface area contributed by atoms with Gasteiger partial charge in [-0.25, -0.2) is 0 Å². The number of amides is 1. The second-order valence-electron chi connectivity index (χ2n) is 5.37. The van der Waals surface area contributed by atoms with E-state index < -0.39 is 5.91 Å². The van der Waals surface area contributed by atoms with Gasteiger partial charge in [0.15, 0.2) is 0 Å². The first-order valence-corrected chi connectivity index (χ1v) is 7.07. The van der Waals surface area contributed by atoms with Crippen LogP contribution < -0.4 is 16.8 Å². The fourth-order valence-corrected chi connectivity index (χ4v) is 2.98. The summed E-state index contributed by atoms with van der Waals surface area (Å²) in [5.74, 6) is 0.252. The van der Waals surface area contributed by atoms with Crippen molar-refractivity contribution in [2.45, 2.75) is 45.1 Å². The Balaban J connectivity index is 2.21. The van der Waals surface area contributed by atoms with Crippen molar-refractivity contribution in [2.75, 3.05) is 11.1 Å². The van der Waals surface area contributed by atoms with Crippen LogP contribution in [0.3, 0.4) is 0 Å². The number of carbonyl (C=O) groups is 1. The average Bonchev–Trinajstić information content (AvgIpc) is 2.39. The average molecular weight is 261 g/mol. The molecule has 1 aromatic carbocycles. The Morgan fingerprint density at radius 2 is 2.11 bits per heavy atom. The van der Waals surface area contributed by atoms with Crippen molar-refractivity contribution in [2.24, 2.45) is 11.7 Å². The summed E-state index contributed by atoms with van der Waals surface area (Å²) >= 11 is 0. The second kappa shape index (κ2) is 5.95. The second-order valence-corrected chi connectivity index (χ2v) is 5.37. The quantitative estimate of drug-likeness (QED) is 0.729. The van der Waals surface area contributed by atoms with Gasteiger partial charge in [0.05, 0.1) is 5.56 Å². The Hall–Kier alpha value is -1.71. The van der Waals surface area contributed by atoms with Gasteiger partial charge in [0, 0.05) is 17.4 Å². The summed E-state index contributed by atoms with van der Waals surface area (Å²) in [6.07, 6.45) is 6.10. The molecule has 1 fully saturated rings. The van der Waals surface area contributed by atoms with Gasteiger partial charge in [0.25, 0.3) is 5.91 Å². The van der Waals surface area contributed by atoms with E-state index in [0.29, 0.717) is 23.2 Å². The molecule has 1 aliphatic rings. The molecule has 0 bridgehead atoms. The molecular formula is C15H23N3O. The first-order valence-electron chi connectivity index (χ1n) is 7.07. The predicted molar refractivity (Wildman–Crippen MR) is 79.0 cm³/mol. The van der Waals surface area contributed by atoms with Gasteiger partial charge in [-0.05, 0) is 37.0 Å². The van der Waals surface area contributed by atoms with Crippen LogP contribution in [0, 0.1) is 5.92 Å². The van der Waals surface area contributed by atoms with Crippen molar-refractivity contribution < 1.29 is 4.79 Å². The van der Waals surface area contributed by atoms with E-state index in [1.165, 1.54) is 19.3 Å². The van der Waals surface area contributed by atoms with Gasteiger partial charge in [0.2, 0.25) is 0 Å². The van der Waals surface area contributed by atoms with E-state index in [-0.39, 0.29) is 0 Å². The highest BCUT2D eigenvalue weighted by molar-refractivity contribution is 5.99. The van der Waals surface area contributed by atoms with E-state index in [4.69, 9.17) is 11.5 Å². The van der Waals surface area contributed by atoms with Crippen molar-refractivity contribution in [3.8, 4) is 0 Å². The van der Waals surface area contributed by atoms with Gasteiger partial charge >= 0.3 is 0 Å². The van der Waals surface area contributed by atoms with Crippen LogP contribution in [0.5, 0.6) is 0 Å². The van der Waals surface area contributed by atoms with Crippen molar-refractivity contribution >= 4 is 17.3 Å². The fourth-order valence-electron chi connectivity index (χ4n) is 2.98. The van der Waals surface area contributed by atoms with Crippen molar-refractivity contribution in [1.82, 2.24) is 0 Å². The Labute approximate surface area is 114 Å². The molecular weight excluding hydrogens is 238 g/mol.